The number of carbonyl (C=O) groups is 2. The fourth-order valence-corrected chi connectivity index (χ4v) is 3.41. The van der Waals surface area contributed by atoms with E-state index < -0.39 is 0 Å². The van der Waals surface area contributed by atoms with Gasteiger partial charge in [-0.1, -0.05) is 32.0 Å². The van der Waals surface area contributed by atoms with Gasteiger partial charge >= 0.3 is 0 Å². The molecule has 1 aromatic rings. The average molecular weight is 358 g/mol. The molecule has 1 aliphatic heterocycles. The van der Waals surface area contributed by atoms with Gasteiger partial charge in [-0.3, -0.25) is 9.59 Å². The molecular weight excluding hydrogens is 328 g/mol. The second-order valence-corrected chi connectivity index (χ2v) is 7.57. The van der Waals surface area contributed by atoms with Crippen LogP contribution < -0.4 is 10.1 Å². The van der Waals surface area contributed by atoms with E-state index in [1.54, 1.807) is 0 Å². The van der Waals surface area contributed by atoms with Crippen LogP contribution in [-0.4, -0.2) is 42.5 Å². The number of ether oxygens (including phenoxy) is 1. The number of rotatable bonds is 7. The van der Waals surface area contributed by atoms with Gasteiger partial charge in [-0.25, -0.2) is 0 Å². The highest BCUT2D eigenvalue weighted by Gasteiger charge is 2.31. The summed E-state index contributed by atoms with van der Waals surface area (Å²) in [6.45, 7) is 5.65. The van der Waals surface area contributed by atoms with Crippen molar-refractivity contribution in [2.75, 3.05) is 19.7 Å². The maximum atomic E-state index is 12.5. The summed E-state index contributed by atoms with van der Waals surface area (Å²) in [5, 5.41) is 3.07. The zero-order valence-corrected chi connectivity index (χ0v) is 15.9. The van der Waals surface area contributed by atoms with Gasteiger partial charge in [0.1, 0.15) is 5.75 Å². The van der Waals surface area contributed by atoms with E-state index in [-0.39, 0.29) is 24.3 Å². The third kappa shape index (κ3) is 4.77. The van der Waals surface area contributed by atoms with Crippen molar-refractivity contribution >= 4 is 11.8 Å². The van der Waals surface area contributed by atoms with Crippen LogP contribution in [0.3, 0.4) is 0 Å². The normalized spacial score (nSPS) is 19.1. The topological polar surface area (TPSA) is 58.6 Å². The van der Waals surface area contributed by atoms with E-state index in [1.165, 1.54) is 0 Å². The van der Waals surface area contributed by atoms with Crippen LogP contribution in [0.2, 0.25) is 0 Å². The predicted molar refractivity (Wildman–Crippen MR) is 101 cm³/mol. The molecule has 1 aliphatic carbocycles. The summed E-state index contributed by atoms with van der Waals surface area (Å²) >= 11 is 0. The molecule has 26 heavy (non-hydrogen) atoms. The Morgan fingerprint density at radius 3 is 2.54 bits per heavy atom. The Labute approximate surface area is 156 Å². The largest absolute Gasteiger partial charge is 0.483 e. The second kappa shape index (κ2) is 8.56. The summed E-state index contributed by atoms with van der Waals surface area (Å²) in [6, 6.07) is 8.35. The summed E-state index contributed by atoms with van der Waals surface area (Å²) in [7, 11) is 0. The molecule has 2 fully saturated rings. The minimum Gasteiger partial charge on any atom is -0.483 e. The van der Waals surface area contributed by atoms with Crippen molar-refractivity contribution in [1.82, 2.24) is 10.2 Å². The zero-order valence-electron chi connectivity index (χ0n) is 15.9. The summed E-state index contributed by atoms with van der Waals surface area (Å²) < 4.78 is 5.84. The molecule has 1 saturated heterocycles. The van der Waals surface area contributed by atoms with Crippen LogP contribution in [0.4, 0.5) is 0 Å². The van der Waals surface area contributed by atoms with Gasteiger partial charge in [0.2, 0.25) is 5.91 Å². The summed E-state index contributed by atoms with van der Waals surface area (Å²) in [5.74, 6) is 1.42. The van der Waals surface area contributed by atoms with Crippen molar-refractivity contribution in [3.05, 3.63) is 29.8 Å². The van der Waals surface area contributed by atoms with Crippen LogP contribution in [0.25, 0.3) is 0 Å². The van der Waals surface area contributed by atoms with Crippen molar-refractivity contribution in [1.29, 1.82) is 0 Å². The monoisotopic (exact) mass is 358 g/mol. The van der Waals surface area contributed by atoms with Gasteiger partial charge in [-0.2, -0.15) is 0 Å². The van der Waals surface area contributed by atoms with Crippen molar-refractivity contribution in [2.24, 2.45) is 5.92 Å². The Balaban J connectivity index is 1.47. The Kier molecular flexibility index (Phi) is 6.17. The zero-order chi connectivity index (χ0) is 18.5. The molecule has 0 spiro atoms. The quantitative estimate of drug-likeness (QED) is 0.815. The summed E-state index contributed by atoms with van der Waals surface area (Å²) in [6.07, 6.45) is 4.74. The number of likely N-dealkylation sites (tertiary alicyclic amines) is 1. The molecule has 1 heterocycles. The predicted octanol–water partition coefficient (Wildman–Crippen LogP) is 3.10. The number of nitrogens with zero attached hydrogens (tertiary/aromatic N) is 1. The molecule has 3 rings (SSSR count). The van der Waals surface area contributed by atoms with Crippen molar-refractivity contribution < 1.29 is 14.3 Å². The minimum atomic E-state index is 0.00463. The van der Waals surface area contributed by atoms with E-state index in [0.717, 1.165) is 43.4 Å². The van der Waals surface area contributed by atoms with E-state index in [9.17, 15) is 9.59 Å². The van der Waals surface area contributed by atoms with E-state index in [2.05, 4.69) is 25.2 Å². The lowest BCUT2D eigenvalue weighted by Crippen LogP contribution is -2.44. The molecule has 0 radical (unpaired) electrons. The SMILES string of the molecule is CCC(C)c1ccccc1OCC(=O)N1CCC(C(=O)NC2CC2)CC1. The van der Waals surface area contributed by atoms with Crippen LogP contribution in [-0.2, 0) is 9.59 Å². The van der Waals surface area contributed by atoms with Gasteiger partial charge in [0.05, 0.1) is 0 Å². The number of hydrogen-bond acceptors (Lipinski definition) is 3. The van der Waals surface area contributed by atoms with E-state index in [0.29, 0.717) is 25.0 Å². The highest BCUT2D eigenvalue weighted by Crippen LogP contribution is 2.28. The molecule has 5 nitrogen and oxygen atoms in total. The first-order chi connectivity index (χ1) is 12.6. The Bertz CT molecular complexity index is 634. The average Bonchev–Trinajstić information content (AvgIpc) is 3.49. The van der Waals surface area contributed by atoms with E-state index in [4.69, 9.17) is 4.74 Å². The first-order valence-corrected chi connectivity index (χ1v) is 9.88. The van der Waals surface area contributed by atoms with Crippen LogP contribution >= 0.6 is 0 Å². The molecule has 1 aromatic carbocycles. The lowest BCUT2D eigenvalue weighted by molar-refractivity contribution is -0.137. The number of amides is 2. The molecule has 1 unspecified atom stereocenters. The van der Waals surface area contributed by atoms with Gasteiger partial charge in [-0.15, -0.1) is 0 Å². The molecule has 142 valence electrons. The van der Waals surface area contributed by atoms with Gasteiger partial charge in [0.25, 0.3) is 5.91 Å². The van der Waals surface area contributed by atoms with Crippen molar-refractivity contribution in [3.63, 3.8) is 0 Å². The fourth-order valence-electron chi connectivity index (χ4n) is 3.41. The smallest absolute Gasteiger partial charge is 0.260 e. The number of benzene rings is 1. The molecule has 5 heteroatoms. The van der Waals surface area contributed by atoms with Crippen LogP contribution in [0, 0.1) is 5.92 Å². The fraction of sp³-hybridized carbons (Fsp3) is 0.619. The molecular formula is C21H30N2O3. The van der Waals surface area contributed by atoms with Crippen LogP contribution in [0.5, 0.6) is 5.75 Å². The molecule has 0 aromatic heterocycles. The van der Waals surface area contributed by atoms with E-state index in [1.807, 2.05) is 23.1 Å². The maximum Gasteiger partial charge on any atom is 0.260 e. The Morgan fingerprint density at radius 1 is 1.19 bits per heavy atom. The summed E-state index contributed by atoms with van der Waals surface area (Å²) in [5.41, 5.74) is 1.15. The highest BCUT2D eigenvalue weighted by atomic mass is 16.5. The lowest BCUT2D eigenvalue weighted by atomic mass is 9.96. The van der Waals surface area contributed by atoms with Crippen molar-refractivity contribution in [3.8, 4) is 5.75 Å². The molecule has 2 aliphatic rings. The standard InChI is InChI=1S/C21H30N2O3/c1-3-15(2)18-6-4-5-7-19(18)26-14-20(24)23-12-10-16(11-13-23)21(25)22-17-8-9-17/h4-7,15-17H,3,8-14H2,1-2H3,(H,22,25). The molecule has 0 bridgehead atoms. The van der Waals surface area contributed by atoms with Crippen LogP contribution in [0.1, 0.15) is 57.4 Å². The number of para-hydroxylation sites is 1. The van der Waals surface area contributed by atoms with Gasteiger partial charge < -0.3 is 15.0 Å². The van der Waals surface area contributed by atoms with Gasteiger partial charge in [-0.05, 0) is 49.7 Å². The Hall–Kier alpha value is -2.04. The maximum absolute atomic E-state index is 12.5. The third-order valence-electron chi connectivity index (χ3n) is 5.56. The molecule has 1 atom stereocenters. The third-order valence-corrected chi connectivity index (χ3v) is 5.56. The first-order valence-electron chi connectivity index (χ1n) is 9.88. The summed E-state index contributed by atoms with van der Waals surface area (Å²) in [4.78, 5) is 26.4. The first kappa shape index (κ1) is 18.7. The molecule has 2 amide bonds. The molecule has 1 N–H and O–H groups in total. The van der Waals surface area contributed by atoms with E-state index >= 15 is 0 Å². The second-order valence-electron chi connectivity index (χ2n) is 7.57. The number of nitrogens with one attached hydrogen (secondary N) is 1. The van der Waals surface area contributed by atoms with Gasteiger partial charge in [0, 0.05) is 25.0 Å². The number of piperidine rings is 1. The van der Waals surface area contributed by atoms with Crippen LogP contribution in [0.15, 0.2) is 24.3 Å². The van der Waals surface area contributed by atoms with Gasteiger partial charge in [0.15, 0.2) is 6.61 Å². The Morgan fingerprint density at radius 2 is 1.88 bits per heavy atom. The number of hydrogen-bond donors (Lipinski definition) is 1. The molecule has 1 saturated carbocycles. The highest BCUT2D eigenvalue weighted by molar-refractivity contribution is 5.81. The number of carbonyl (C=O) groups excluding carboxylic acids is 2. The van der Waals surface area contributed by atoms with Crippen molar-refractivity contribution in [2.45, 2.75) is 57.9 Å². The lowest BCUT2D eigenvalue weighted by Gasteiger charge is -2.31. The minimum absolute atomic E-state index is 0.00463.